The van der Waals surface area contributed by atoms with E-state index in [9.17, 15) is 9.59 Å². The van der Waals surface area contributed by atoms with Crippen LogP contribution >= 0.6 is 0 Å². The molecule has 0 bridgehead atoms. The minimum atomic E-state index is -0.541. The van der Waals surface area contributed by atoms with Gasteiger partial charge in [0.2, 0.25) is 0 Å². The third-order valence-electron chi connectivity index (χ3n) is 3.63. The second-order valence-corrected chi connectivity index (χ2v) is 5.31. The van der Waals surface area contributed by atoms with Gasteiger partial charge in [-0.3, -0.25) is 20.4 Å². The fraction of sp³-hybridized carbons (Fsp3) is 0.111. The molecule has 0 aliphatic rings. The van der Waals surface area contributed by atoms with Crippen molar-refractivity contribution in [3.63, 3.8) is 0 Å². The van der Waals surface area contributed by atoms with E-state index >= 15 is 0 Å². The van der Waals surface area contributed by atoms with Gasteiger partial charge in [0.05, 0.1) is 11.9 Å². The van der Waals surface area contributed by atoms with E-state index in [1.54, 1.807) is 12.1 Å². The van der Waals surface area contributed by atoms with E-state index in [0.29, 0.717) is 5.56 Å². The average Bonchev–Trinajstić information content (AvgIpc) is 3.17. The zero-order valence-corrected chi connectivity index (χ0v) is 13.6. The van der Waals surface area contributed by atoms with E-state index in [2.05, 4.69) is 21.0 Å². The van der Waals surface area contributed by atoms with Gasteiger partial charge < -0.3 is 0 Å². The molecule has 1 aromatic heterocycles. The highest BCUT2D eigenvalue weighted by Gasteiger charge is 2.13. The highest BCUT2D eigenvalue weighted by atomic mass is 16.2. The van der Waals surface area contributed by atoms with Crippen LogP contribution < -0.4 is 10.9 Å². The van der Waals surface area contributed by atoms with Crippen molar-refractivity contribution in [2.45, 2.75) is 13.3 Å². The normalized spacial score (nSPS) is 10.3. The number of aromatic nitrogens is 3. The standard InChI is InChI=1S/C18H17N5O2/c1-2-13-8-10-14(11-9-13)17(24)20-21-18(25)16-12-19-23(22-16)15-6-4-3-5-7-15/h3-12H,2H2,1H3,(H,20,24)(H,21,25). The van der Waals surface area contributed by atoms with Gasteiger partial charge in [0.25, 0.3) is 11.8 Å². The molecule has 0 aliphatic carbocycles. The monoisotopic (exact) mass is 335 g/mol. The summed E-state index contributed by atoms with van der Waals surface area (Å²) < 4.78 is 0. The Morgan fingerprint density at radius 3 is 2.32 bits per heavy atom. The fourth-order valence-corrected chi connectivity index (χ4v) is 2.19. The highest BCUT2D eigenvalue weighted by molar-refractivity contribution is 5.98. The van der Waals surface area contributed by atoms with Crippen molar-refractivity contribution in [3.05, 3.63) is 77.6 Å². The molecule has 2 N–H and O–H groups in total. The first-order valence-electron chi connectivity index (χ1n) is 7.85. The Bertz CT molecular complexity index is 872. The number of amides is 2. The van der Waals surface area contributed by atoms with Crippen molar-refractivity contribution >= 4 is 11.8 Å². The van der Waals surface area contributed by atoms with Crippen LogP contribution in [0.2, 0.25) is 0 Å². The smallest absolute Gasteiger partial charge is 0.267 e. The molecule has 0 radical (unpaired) electrons. The van der Waals surface area contributed by atoms with Gasteiger partial charge in [0.1, 0.15) is 0 Å². The molecule has 7 nitrogen and oxygen atoms in total. The molecular formula is C18H17N5O2. The number of benzene rings is 2. The molecule has 7 heteroatoms. The van der Waals surface area contributed by atoms with Gasteiger partial charge in [-0.1, -0.05) is 37.3 Å². The Labute approximate surface area is 144 Å². The molecule has 126 valence electrons. The number of nitrogens with zero attached hydrogens (tertiary/aromatic N) is 3. The second-order valence-electron chi connectivity index (χ2n) is 5.31. The largest absolute Gasteiger partial charge is 0.291 e. The van der Waals surface area contributed by atoms with Crippen LogP contribution in [0.4, 0.5) is 0 Å². The van der Waals surface area contributed by atoms with Gasteiger partial charge in [-0.15, -0.1) is 5.10 Å². The zero-order valence-electron chi connectivity index (χ0n) is 13.6. The number of para-hydroxylation sites is 1. The van der Waals surface area contributed by atoms with Crippen molar-refractivity contribution < 1.29 is 9.59 Å². The molecule has 0 unspecified atom stereocenters. The Morgan fingerprint density at radius 1 is 0.960 bits per heavy atom. The van der Waals surface area contributed by atoms with Gasteiger partial charge in [-0.05, 0) is 36.2 Å². The first-order valence-corrected chi connectivity index (χ1v) is 7.85. The van der Waals surface area contributed by atoms with Gasteiger partial charge in [0.15, 0.2) is 5.69 Å². The lowest BCUT2D eigenvalue weighted by atomic mass is 10.1. The van der Waals surface area contributed by atoms with E-state index in [4.69, 9.17) is 0 Å². The molecule has 0 spiro atoms. The molecule has 25 heavy (non-hydrogen) atoms. The third kappa shape index (κ3) is 3.89. The number of carbonyl (C=O) groups is 2. The number of nitrogens with one attached hydrogen (secondary N) is 2. The van der Waals surface area contributed by atoms with Crippen LogP contribution in [0, 0.1) is 0 Å². The van der Waals surface area contributed by atoms with Crippen LogP contribution in [0.1, 0.15) is 33.3 Å². The summed E-state index contributed by atoms with van der Waals surface area (Å²) in [5.41, 5.74) is 7.14. The maximum Gasteiger partial charge on any atom is 0.291 e. The predicted molar refractivity (Wildman–Crippen MR) is 92.1 cm³/mol. The second kappa shape index (κ2) is 7.39. The number of carbonyl (C=O) groups excluding carboxylic acids is 2. The molecule has 2 aromatic carbocycles. The summed E-state index contributed by atoms with van der Waals surface area (Å²) in [6.07, 6.45) is 2.24. The van der Waals surface area contributed by atoms with Crippen molar-refractivity contribution in [3.8, 4) is 5.69 Å². The van der Waals surface area contributed by atoms with Crippen molar-refractivity contribution in [2.75, 3.05) is 0 Å². The average molecular weight is 335 g/mol. The highest BCUT2D eigenvalue weighted by Crippen LogP contribution is 2.05. The molecule has 3 rings (SSSR count). The summed E-state index contributed by atoms with van der Waals surface area (Å²) in [5, 5.41) is 8.14. The van der Waals surface area contributed by atoms with Crippen molar-refractivity contribution in [2.24, 2.45) is 0 Å². The number of hydrogen-bond acceptors (Lipinski definition) is 4. The number of hydrazine groups is 1. The summed E-state index contributed by atoms with van der Waals surface area (Å²) in [6.45, 7) is 2.04. The lowest BCUT2D eigenvalue weighted by Crippen LogP contribution is -2.41. The topological polar surface area (TPSA) is 88.9 Å². The third-order valence-corrected chi connectivity index (χ3v) is 3.63. The van der Waals surface area contributed by atoms with Crippen LogP contribution in [0.15, 0.2) is 60.8 Å². The Hall–Kier alpha value is -3.48. The molecule has 0 aliphatic heterocycles. The molecule has 0 atom stereocenters. The zero-order chi connectivity index (χ0) is 17.6. The first-order chi connectivity index (χ1) is 12.2. The molecule has 0 saturated heterocycles. The summed E-state index contributed by atoms with van der Waals surface area (Å²) in [7, 11) is 0. The van der Waals surface area contributed by atoms with Crippen molar-refractivity contribution in [1.29, 1.82) is 0 Å². The van der Waals surface area contributed by atoms with Crippen LogP contribution in [0.25, 0.3) is 5.69 Å². The minimum Gasteiger partial charge on any atom is -0.267 e. The summed E-state index contributed by atoms with van der Waals surface area (Å²) in [6, 6.07) is 16.4. The number of aryl methyl sites for hydroxylation is 1. The molecular weight excluding hydrogens is 318 g/mol. The van der Waals surface area contributed by atoms with E-state index in [0.717, 1.165) is 17.7 Å². The van der Waals surface area contributed by atoms with Gasteiger partial charge in [-0.25, -0.2) is 0 Å². The van der Waals surface area contributed by atoms with E-state index < -0.39 is 11.8 Å². The quantitative estimate of drug-likeness (QED) is 0.713. The fourth-order valence-electron chi connectivity index (χ4n) is 2.19. The van der Waals surface area contributed by atoms with E-state index in [-0.39, 0.29) is 5.69 Å². The predicted octanol–water partition coefficient (Wildman–Crippen LogP) is 1.90. The maximum atomic E-state index is 12.1. The Kier molecular flexibility index (Phi) is 4.84. The van der Waals surface area contributed by atoms with Crippen LogP contribution in [-0.2, 0) is 6.42 Å². The lowest BCUT2D eigenvalue weighted by Gasteiger charge is -2.06. The van der Waals surface area contributed by atoms with Crippen molar-refractivity contribution in [1.82, 2.24) is 25.8 Å². The van der Waals surface area contributed by atoms with Crippen LogP contribution in [0.3, 0.4) is 0 Å². The van der Waals surface area contributed by atoms with Crippen LogP contribution in [0.5, 0.6) is 0 Å². The van der Waals surface area contributed by atoms with E-state index in [1.807, 2.05) is 49.4 Å². The van der Waals surface area contributed by atoms with Gasteiger partial charge in [-0.2, -0.15) is 9.90 Å². The van der Waals surface area contributed by atoms with Gasteiger partial charge in [0, 0.05) is 5.56 Å². The molecule has 3 aromatic rings. The lowest BCUT2D eigenvalue weighted by molar-refractivity contribution is 0.0843. The Morgan fingerprint density at radius 2 is 1.64 bits per heavy atom. The summed E-state index contributed by atoms with van der Waals surface area (Å²) in [5.74, 6) is -0.938. The number of hydrogen-bond donors (Lipinski definition) is 2. The Balaban J connectivity index is 1.60. The SMILES string of the molecule is CCc1ccc(C(=O)NNC(=O)c2cnn(-c3ccccc3)n2)cc1. The molecule has 0 saturated carbocycles. The first kappa shape index (κ1) is 16.4. The molecule has 1 heterocycles. The minimum absolute atomic E-state index is 0.102. The molecule has 0 fully saturated rings. The molecule has 2 amide bonds. The van der Waals surface area contributed by atoms with E-state index in [1.165, 1.54) is 11.0 Å². The maximum absolute atomic E-state index is 12.1. The summed E-state index contributed by atoms with van der Waals surface area (Å²) >= 11 is 0. The van der Waals surface area contributed by atoms with Gasteiger partial charge >= 0.3 is 0 Å². The number of rotatable bonds is 4. The van der Waals surface area contributed by atoms with Crippen LogP contribution in [-0.4, -0.2) is 26.8 Å². The summed E-state index contributed by atoms with van der Waals surface area (Å²) in [4.78, 5) is 25.5.